The quantitative estimate of drug-likeness (QED) is 0.667. The third kappa shape index (κ3) is 3.80. The third-order valence-corrected chi connectivity index (χ3v) is 7.31. The van der Waals surface area contributed by atoms with Gasteiger partial charge < -0.3 is 11.1 Å². The molecule has 0 aliphatic carbocycles. The highest BCUT2D eigenvalue weighted by molar-refractivity contribution is 7.18. The Labute approximate surface area is 171 Å². The van der Waals surface area contributed by atoms with Crippen molar-refractivity contribution >= 4 is 49.7 Å². The SMILES string of the molecule is C[C@@H](C(=O)Nc1sccc1C(N)=O)N1CCC(c2nc3ccccc3s2)CC1. The zero-order valence-electron chi connectivity index (χ0n) is 15.6. The molecule has 0 unspecified atom stereocenters. The summed E-state index contributed by atoms with van der Waals surface area (Å²) in [6.45, 7) is 3.61. The van der Waals surface area contributed by atoms with Gasteiger partial charge in [-0.05, 0) is 56.4 Å². The summed E-state index contributed by atoms with van der Waals surface area (Å²) in [5, 5.41) is 6.33. The summed E-state index contributed by atoms with van der Waals surface area (Å²) in [4.78, 5) is 31.1. The van der Waals surface area contributed by atoms with Crippen LogP contribution in [0.2, 0.25) is 0 Å². The number of anilines is 1. The number of piperidine rings is 1. The molecule has 8 heteroatoms. The molecule has 1 fully saturated rings. The van der Waals surface area contributed by atoms with Crippen molar-refractivity contribution in [2.24, 2.45) is 5.73 Å². The third-order valence-electron chi connectivity index (χ3n) is 5.28. The molecule has 0 bridgehead atoms. The predicted molar refractivity (Wildman–Crippen MR) is 114 cm³/mol. The van der Waals surface area contributed by atoms with Gasteiger partial charge >= 0.3 is 0 Å². The Bertz CT molecular complexity index is 971. The van der Waals surface area contributed by atoms with Crippen molar-refractivity contribution in [1.29, 1.82) is 0 Å². The summed E-state index contributed by atoms with van der Waals surface area (Å²) in [7, 11) is 0. The van der Waals surface area contributed by atoms with E-state index in [9.17, 15) is 9.59 Å². The molecule has 6 nitrogen and oxygen atoms in total. The van der Waals surface area contributed by atoms with Gasteiger partial charge in [-0.2, -0.15) is 0 Å². The molecule has 28 heavy (non-hydrogen) atoms. The van der Waals surface area contributed by atoms with Crippen LogP contribution in [0.4, 0.5) is 5.00 Å². The highest BCUT2D eigenvalue weighted by atomic mass is 32.1. The van der Waals surface area contributed by atoms with Gasteiger partial charge in [-0.25, -0.2) is 4.98 Å². The normalized spacial score (nSPS) is 16.9. The number of likely N-dealkylation sites (tertiary alicyclic amines) is 1. The van der Waals surface area contributed by atoms with E-state index in [4.69, 9.17) is 10.7 Å². The number of rotatable bonds is 5. The van der Waals surface area contributed by atoms with E-state index in [1.54, 1.807) is 22.8 Å². The summed E-state index contributed by atoms with van der Waals surface area (Å²) in [5.41, 5.74) is 6.78. The number of thiazole rings is 1. The Morgan fingerprint density at radius 1 is 1.25 bits per heavy atom. The molecule has 1 saturated heterocycles. The number of benzene rings is 1. The molecule has 0 radical (unpaired) electrons. The molecule has 4 rings (SSSR count). The monoisotopic (exact) mass is 414 g/mol. The maximum Gasteiger partial charge on any atom is 0.251 e. The Morgan fingerprint density at radius 3 is 2.71 bits per heavy atom. The number of carbonyl (C=O) groups is 2. The van der Waals surface area contributed by atoms with E-state index < -0.39 is 5.91 Å². The molecule has 3 aromatic rings. The number of fused-ring (bicyclic) bond motifs is 1. The lowest BCUT2D eigenvalue weighted by atomic mass is 9.96. The van der Waals surface area contributed by atoms with Crippen molar-refractivity contribution in [1.82, 2.24) is 9.88 Å². The molecule has 0 spiro atoms. The molecule has 3 heterocycles. The Kier molecular flexibility index (Phi) is 5.43. The van der Waals surface area contributed by atoms with E-state index in [1.165, 1.54) is 21.0 Å². The van der Waals surface area contributed by atoms with Gasteiger partial charge in [0.1, 0.15) is 5.00 Å². The van der Waals surface area contributed by atoms with Crippen LogP contribution in [0.1, 0.15) is 41.0 Å². The van der Waals surface area contributed by atoms with E-state index >= 15 is 0 Å². The first-order valence-electron chi connectivity index (χ1n) is 9.30. The lowest BCUT2D eigenvalue weighted by molar-refractivity contribution is -0.121. The minimum atomic E-state index is -0.527. The number of primary amides is 1. The molecule has 3 N–H and O–H groups in total. The van der Waals surface area contributed by atoms with Crippen molar-refractivity contribution in [2.75, 3.05) is 18.4 Å². The average Bonchev–Trinajstić information content (AvgIpc) is 3.34. The van der Waals surface area contributed by atoms with Crippen LogP contribution in [0.15, 0.2) is 35.7 Å². The lowest BCUT2D eigenvalue weighted by Gasteiger charge is -2.34. The first-order chi connectivity index (χ1) is 13.5. The first kappa shape index (κ1) is 19.0. The number of nitrogens with two attached hydrogens (primary N) is 1. The van der Waals surface area contributed by atoms with Gasteiger partial charge in [0.15, 0.2) is 0 Å². The fourth-order valence-electron chi connectivity index (χ4n) is 3.58. The second kappa shape index (κ2) is 7.98. The second-order valence-electron chi connectivity index (χ2n) is 7.02. The topological polar surface area (TPSA) is 88.3 Å². The number of para-hydroxylation sites is 1. The number of amides is 2. The van der Waals surface area contributed by atoms with Crippen molar-refractivity contribution in [3.05, 3.63) is 46.3 Å². The number of nitrogens with zero attached hydrogens (tertiary/aromatic N) is 2. The van der Waals surface area contributed by atoms with Crippen LogP contribution in [0.5, 0.6) is 0 Å². The van der Waals surface area contributed by atoms with Crippen LogP contribution < -0.4 is 11.1 Å². The molecule has 1 aliphatic heterocycles. The Morgan fingerprint density at radius 2 is 2.00 bits per heavy atom. The maximum absolute atomic E-state index is 12.6. The van der Waals surface area contributed by atoms with Crippen LogP contribution >= 0.6 is 22.7 Å². The van der Waals surface area contributed by atoms with Crippen molar-refractivity contribution < 1.29 is 9.59 Å². The molecule has 1 aromatic carbocycles. The minimum absolute atomic E-state index is 0.108. The molecule has 1 aliphatic rings. The van der Waals surface area contributed by atoms with Crippen LogP contribution in [-0.4, -0.2) is 40.8 Å². The summed E-state index contributed by atoms with van der Waals surface area (Å²) >= 11 is 3.09. The van der Waals surface area contributed by atoms with Gasteiger partial charge in [0.2, 0.25) is 5.91 Å². The second-order valence-corrected chi connectivity index (χ2v) is 9.00. The van der Waals surface area contributed by atoms with E-state index in [1.807, 2.05) is 19.1 Å². The highest BCUT2D eigenvalue weighted by Crippen LogP contribution is 2.34. The van der Waals surface area contributed by atoms with Gasteiger partial charge in [0.25, 0.3) is 5.91 Å². The van der Waals surface area contributed by atoms with Crippen LogP contribution in [0, 0.1) is 0 Å². The summed E-state index contributed by atoms with van der Waals surface area (Å²) < 4.78 is 1.23. The Balaban J connectivity index is 1.36. The van der Waals surface area contributed by atoms with Crippen LogP contribution in [0.25, 0.3) is 10.2 Å². The standard InChI is InChI=1S/C20H22N4O2S2/c1-12(18(26)23-20-14(17(21)25)8-11-27-20)24-9-6-13(7-10-24)19-22-15-4-2-3-5-16(15)28-19/h2-5,8,11-13H,6-7,9-10H2,1H3,(H2,21,25)(H,23,26)/t12-/m0/s1. The van der Waals surface area contributed by atoms with Gasteiger partial charge in [0.05, 0.1) is 26.8 Å². The zero-order chi connectivity index (χ0) is 19.7. The van der Waals surface area contributed by atoms with E-state index in [0.29, 0.717) is 16.5 Å². The maximum atomic E-state index is 12.6. The average molecular weight is 415 g/mol. The number of nitrogens with one attached hydrogen (secondary N) is 1. The molecule has 1 atom stereocenters. The highest BCUT2D eigenvalue weighted by Gasteiger charge is 2.29. The lowest BCUT2D eigenvalue weighted by Crippen LogP contribution is -2.45. The van der Waals surface area contributed by atoms with Crippen LogP contribution in [-0.2, 0) is 4.79 Å². The van der Waals surface area contributed by atoms with E-state index in [-0.39, 0.29) is 11.9 Å². The molecular weight excluding hydrogens is 392 g/mol. The van der Waals surface area contributed by atoms with Crippen molar-refractivity contribution in [3.63, 3.8) is 0 Å². The minimum Gasteiger partial charge on any atom is -0.366 e. The fraction of sp³-hybridized carbons (Fsp3) is 0.350. The molecule has 2 aromatic heterocycles. The van der Waals surface area contributed by atoms with Gasteiger partial charge in [-0.3, -0.25) is 14.5 Å². The predicted octanol–water partition coefficient (Wildman–Crippen LogP) is 3.66. The van der Waals surface area contributed by atoms with E-state index in [0.717, 1.165) is 31.4 Å². The molecule has 0 saturated carbocycles. The number of hydrogen-bond donors (Lipinski definition) is 2. The van der Waals surface area contributed by atoms with Crippen molar-refractivity contribution in [2.45, 2.75) is 31.7 Å². The molecular formula is C20H22N4O2S2. The number of thiophene rings is 1. The van der Waals surface area contributed by atoms with Crippen molar-refractivity contribution in [3.8, 4) is 0 Å². The number of carbonyl (C=O) groups excluding carboxylic acids is 2. The van der Waals surface area contributed by atoms with Gasteiger partial charge in [-0.1, -0.05) is 12.1 Å². The number of hydrogen-bond acceptors (Lipinski definition) is 6. The van der Waals surface area contributed by atoms with Gasteiger partial charge in [-0.15, -0.1) is 22.7 Å². The Hall–Kier alpha value is -2.29. The number of aromatic nitrogens is 1. The van der Waals surface area contributed by atoms with E-state index in [2.05, 4.69) is 22.3 Å². The summed E-state index contributed by atoms with van der Waals surface area (Å²) in [6, 6.07) is 9.61. The molecule has 2 amide bonds. The zero-order valence-corrected chi connectivity index (χ0v) is 17.2. The van der Waals surface area contributed by atoms with Crippen LogP contribution in [0.3, 0.4) is 0 Å². The molecule has 146 valence electrons. The fourth-order valence-corrected chi connectivity index (χ4v) is 5.51. The summed E-state index contributed by atoms with van der Waals surface area (Å²) in [6.07, 6.45) is 1.98. The summed E-state index contributed by atoms with van der Waals surface area (Å²) in [5.74, 6) is -0.188. The van der Waals surface area contributed by atoms with Gasteiger partial charge in [0, 0.05) is 5.92 Å². The first-order valence-corrected chi connectivity index (χ1v) is 11.0. The largest absolute Gasteiger partial charge is 0.366 e. The smallest absolute Gasteiger partial charge is 0.251 e.